The average Bonchev–Trinajstić information content (AvgIpc) is 3.12. The molecule has 0 radical (unpaired) electrons. The Morgan fingerprint density at radius 1 is 1.41 bits per heavy atom. The number of pyridine rings is 1. The third kappa shape index (κ3) is 2.07. The van der Waals surface area contributed by atoms with Crippen LogP contribution >= 0.6 is 0 Å². The minimum absolute atomic E-state index is 0.00800. The van der Waals surface area contributed by atoms with Gasteiger partial charge in [0.2, 0.25) is 5.91 Å². The summed E-state index contributed by atoms with van der Waals surface area (Å²) in [6.45, 7) is 0.830. The van der Waals surface area contributed by atoms with Crippen molar-refractivity contribution >= 4 is 12.0 Å². The van der Waals surface area contributed by atoms with E-state index in [-0.39, 0.29) is 18.1 Å². The SMILES string of the molecule is COC1C2CC3CN(C(=O)/C=C/c4cncc(F)c4)C1C3C2. The molecular weight excluding hydrogens is 283 g/mol. The molecule has 5 heteroatoms. The smallest absolute Gasteiger partial charge is 0.246 e. The first kappa shape index (κ1) is 13.9. The molecule has 1 aliphatic heterocycles. The first-order valence-electron chi connectivity index (χ1n) is 7.79. The van der Waals surface area contributed by atoms with Crippen LogP contribution in [-0.4, -0.2) is 41.6 Å². The minimum atomic E-state index is -0.396. The number of amides is 1. The summed E-state index contributed by atoms with van der Waals surface area (Å²) in [7, 11) is 1.75. The monoisotopic (exact) mass is 302 g/mol. The summed E-state index contributed by atoms with van der Waals surface area (Å²) in [4.78, 5) is 18.3. The lowest BCUT2D eigenvalue weighted by Gasteiger charge is -2.30. The van der Waals surface area contributed by atoms with Gasteiger partial charge in [-0.1, -0.05) is 0 Å². The molecule has 22 heavy (non-hydrogen) atoms. The summed E-state index contributed by atoms with van der Waals surface area (Å²) in [6, 6.07) is 1.59. The Kier molecular flexibility index (Phi) is 3.26. The number of aromatic nitrogens is 1. The van der Waals surface area contributed by atoms with E-state index < -0.39 is 5.82 Å². The quantitative estimate of drug-likeness (QED) is 0.803. The Balaban J connectivity index is 1.52. The Bertz CT molecular complexity index is 631. The van der Waals surface area contributed by atoms with Crippen LogP contribution in [0.3, 0.4) is 0 Å². The molecule has 2 saturated carbocycles. The summed E-state index contributed by atoms with van der Waals surface area (Å²) < 4.78 is 18.8. The van der Waals surface area contributed by atoms with Gasteiger partial charge in [0.15, 0.2) is 0 Å². The molecule has 4 nitrogen and oxygen atoms in total. The first-order chi connectivity index (χ1) is 10.7. The highest BCUT2D eigenvalue weighted by molar-refractivity contribution is 5.92. The standard InChI is InChI=1S/C17H19FN2O2/c1-22-17-11-5-12-9-20(16(17)14(12)6-11)15(21)3-2-10-4-13(18)8-19-7-10/h2-4,7-8,11-12,14,16-17H,5-6,9H2,1H3/b3-2+. The van der Waals surface area contributed by atoms with Gasteiger partial charge in [0.25, 0.3) is 0 Å². The second-order valence-electron chi connectivity index (χ2n) is 6.61. The first-order valence-corrected chi connectivity index (χ1v) is 7.79. The summed E-state index contributed by atoms with van der Waals surface area (Å²) in [5, 5.41) is 0. The predicted octanol–water partition coefficient (Wildman–Crippen LogP) is 2.12. The van der Waals surface area contributed by atoms with Crippen molar-refractivity contribution in [3.8, 4) is 0 Å². The Morgan fingerprint density at radius 3 is 3.05 bits per heavy atom. The molecule has 4 rings (SSSR count). The lowest BCUT2D eigenvalue weighted by Crippen LogP contribution is -2.44. The summed E-state index contributed by atoms with van der Waals surface area (Å²) in [6.07, 6.45) is 8.41. The number of hydrogen-bond acceptors (Lipinski definition) is 3. The van der Waals surface area contributed by atoms with Crippen molar-refractivity contribution in [2.45, 2.75) is 25.0 Å². The van der Waals surface area contributed by atoms with Crippen LogP contribution in [0, 0.1) is 23.6 Å². The highest BCUT2D eigenvalue weighted by Crippen LogP contribution is 2.55. The number of fused-ring (bicyclic) bond motifs is 1. The molecule has 3 fully saturated rings. The molecule has 1 aromatic heterocycles. The normalized spacial score (nSPS) is 35.7. The third-order valence-corrected chi connectivity index (χ3v) is 5.52. The lowest BCUT2D eigenvalue weighted by molar-refractivity contribution is -0.129. The van der Waals surface area contributed by atoms with Gasteiger partial charge in [-0.3, -0.25) is 9.78 Å². The van der Waals surface area contributed by atoms with E-state index in [9.17, 15) is 9.18 Å². The summed E-state index contributed by atoms with van der Waals surface area (Å²) in [5.74, 6) is 1.44. The van der Waals surface area contributed by atoms with Crippen LogP contribution in [-0.2, 0) is 9.53 Å². The number of ether oxygens (including phenoxy) is 1. The van der Waals surface area contributed by atoms with E-state index in [2.05, 4.69) is 4.98 Å². The number of carbonyl (C=O) groups is 1. The maximum atomic E-state index is 13.1. The van der Waals surface area contributed by atoms with Crippen LogP contribution in [0.1, 0.15) is 18.4 Å². The molecule has 0 spiro atoms. The maximum Gasteiger partial charge on any atom is 0.246 e. The molecule has 3 aliphatic rings. The minimum Gasteiger partial charge on any atom is -0.379 e. The van der Waals surface area contributed by atoms with E-state index in [1.54, 1.807) is 19.4 Å². The largest absolute Gasteiger partial charge is 0.379 e. The molecule has 1 saturated heterocycles. The predicted molar refractivity (Wildman–Crippen MR) is 79.2 cm³/mol. The average molecular weight is 302 g/mol. The highest BCUT2D eigenvalue weighted by Gasteiger charge is 2.60. The molecule has 5 atom stereocenters. The van der Waals surface area contributed by atoms with Crippen molar-refractivity contribution in [3.63, 3.8) is 0 Å². The fourth-order valence-corrected chi connectivity index (χ4v) is 4.76. The topological polar surface area (TPSA) is 42.4 Å². The van der Waals surface area contributed by atoms with E-state index in [1.807, 2.05) is 4.90 Å². The van der Waals surface area contributed by atoms with Gasteiger partial charge >= 0.3 is 0 Å². The molecular formula is C17H19FN2O2. The van der Waals surface area contributed by atoms with Crippen molar-refractivity contribution in [1.82, 2.24) is 9.88 Å². The van der Waals surface area contributed by atoms with Crippen molar-refractivity contribution < 1.29 is 13.9 Å². The van der Waals surface area contributed by atoms with E-state index in [4.69, 9.17) is 4.74 Å². The van der Waals surface area contributed by atoms with Crippen LogP contribution in [0.4, 0.5) is 4.39 Å². The Morgan fingerprint density at radius 2 is 2.27 bits per heavy atom. The zero-order valence-electron chi connectivity index (χ0n) is 12.5. The van der Waals surface area contributed by atoms with Crippen molar-refractivity contribution in [1.29, 1.82) is 0 Å². The zero-order chi connectivity index (χ0) is 15.3. The van der Waals surface area contributed by atoms with E-state index in [1.165, 1.54) is 25.0 Å². The number of carbonyl (C=O) groups excluding carboxylic acids is 1. The molecule has 2 aliphatic carbocycles. The zero-order valence-corrected chi connectivity index (χ0v) is 12.5. The molecule has 116 valence electrons. The van der Waals surface area contributed by atoms with Gasteiger partial charge in [0.05, 0.1) is 18.3 Å². The van der Waals surface area contributed by atoms with Crippen molar-refractivity contribution in [3.05, 3.63) is 35.9 Å². The van der Waals surface area contributed by atoms with Gasteiger partial charge in [-0.05, 0) is 48.3 Å². The molecule has 1 aromatic rings. The van der Waals surface area contributed by atoms with Crippen LogP contribution in [0.2, 0.25) is 0 Å². The lowest BCUT2D eigenvalue weighted by atomic mass is 9.88. The highest BCUT2D eigenvalue weighted by atomic mass is 19.1. The van der Waals surface area contributed by atoms with Crippen LogP contribution in [0.15, 0.2) is 24.5 Å². The van der Waals surface area contributed by atoms with Gasteiger partial charge < -0.3 is 9.64 Å². The van der Waals surface area contributed by atoms with Crippen LogP contribution < -0.4 is 0 Å². The van der Waals surface area contributed by atoms with Gasteiger partial charge in [-0.15, -0.1) is 0 Å². The third-order valence-electron chi connectivity index (χ3n) is 5.52. The fourth-order valence-electron chi connectivity index (χ4n) is 4.76. The molecule has 0 aromatic carbocycles. The molecule has 2 heterocycles. The summed E-state index contributed by atoms with van der Waals surface area (Å²) in [5.41, 5.74) is 0.600. The van der Waals surface area contributed by atoms with Crippen molar-refractivity contribution in [2.24, 2.45) is 17.8 Å². The number of hydrogen-bond donors (Lipinski definition) is 0. The van der Waals surface area contributed by atoms with Gasteiger partial charge in [-0.2, -0.15) is 0 Å². The molecule has 1 amide bonds. The number of halogens is 1. The Labute approximate surface area is 129 Å². The van der Waals surface area contributed by atoms with Gasteiger partial charge in [-0.25, -0.2) is 4.39 Å². The number of nitrogens with zero attached hydrogens (tertiary/aromatic N) is 2. The van der Waals surface area contributed by atoms with E-state index in [0.717, 1.165) is 12.7 Å². The van der Waals surface area contributed by atoms with E-state index in [0.29, 0.717) is 23.3 Å². The molecule has 0 N–H and O–H groups in total. The maximum absolute atomic E-state index is 13.1. The summed E-state index contributed by atoms with van der Waals surface area (Å²) >= 11 is 0. The Hall–Kier alpha value is -1.75. The molecule has 2 bridgehead atoms. The second kappa shape index (κ2) is 5.16. The number of methoxy groups -OCH3 is 1. The van der Waals surface area contributed by atoms with Gasteiger partial charge in [0, 0.05) is 25.9 Å². The van der Waals surface area contributed by atoms with Crippen LogP contribution in [0.5, 0.6) is 0 Å². The van der Waals surface area contributed by atoms with Crippen LogP contribution in [0.25, 0.3) is 6.08 Å². The second-order valence-corrected chi connectivity index (χ2v) is 6.61. The molecule has 5 unspecified atom stereocenters. The van der Waals surface area contributed by atoms with E-state index >= 15 is 0 Å². The van der Waals surface area contributed by atoms with Gasteiger partial charge in [0.1, 0.15) is 5.82 Å². The number of likely N-dealkylation sites (tertiary alicyclic amines) is 1. The number of rotatable bonds is 3. The fraction of sp³-hybridized carbons (Fsp3) is 0.529. The van der Waals surface area contributed by atoms with Crippen molar-refractivity contribution in [2.75, 3.05) is 13.7 Å².